The summed E-state index contributed by atoms with van der Waals surface area (Å²) in [6.45, 7) is 7.34. The van der Waals surface area contributed by atoms with E-state index in [1.807, 2.05) is 0 Å². The predicted octanol–water partition coefficient (Wildman–Crippen LogP) is 2.04. The van der Waals surface area contributed by atoms with Gasteiger partial charge in [-0.1, -0.05) is 13.5 Å². The van der Waals surface area contributed by atoms with E-state index in [4.69, 9.17) is 9.47 Å². The molecule has 0 aromatic carbocycles. The maximum Gasteiger partial charge on any atom is 0.334 e. The van der Waals surface area contributed by atoms with Crippen LogP contribution in [-0.4, -0.2) is 30.4 Å². The number of hydrogen-bond donors (Lipinski definition) is 0. The van der Waals surface area contributed by atoms with Gasteiger partial charge in [0, 0.05) is 24.8 Å². The highest BCUT2D eigenvalue weighted by atomic mass is 16.6. The summed E-state index contributed by atoms with van der Waals surface area (Å²) in [5, 5.41) is 0. The Labute approximate surface area is 130 Å². The molecule has 1 aliphatic heterocycles. The van der Waals surface area contributed by atoms with Gasteiger partial charge in [-0.3, -0.25) is 9.59 Å². The van der Waals surface area contributed by atoms with Crippen LogP contribution in [0.5, 0.6) is 0 Å². The smallest absolute Gasteiger partial charge is 0.334 e. The highest BCUT2D eigenvalue weighted by Gasteiger charge is 2.64. The molecule has 3 rings (SSSR count). The lowest BCUT2D eigenvalue weighted by atomic mass is 9.67. The third-order valence-corrected chi connectivity index (χ3v) is 5.81. The number of hydrogen-bond acceptors (Lipinski definition) is 5. The summed E-state index contributed by atoms with van der Waals surface area (Å²) in [7, 11) is 0. The number of fused-ring (bicyclic) bond motifs is 3. The van der Waals surface area contributed by atoms with Gasteiger partial charge in [-0.2, -0.15) is 0 Å². The van der Waals surface area contributed by atoms with Crippen molar-refractivity contribution >= 4 is 17.7 Å². The predicted molar refractivity (Wildman–Crippen MR) is 77.7 cm³/mol. The van der Waals surface area contributed by atoms with E-state index in [0.717, 1.165) is 19.3 Å². The number of ether oxygens (including phenoxy) is 2. The number of ketones is 1. The molecule has 0 N–H and O–H groups in total. The third kappa shape index (κ3) is 2.02. The quantitative estimate of drug-likeness (QED) is 0.577. The van der Waals surface area contributed by atoms with E-state index < -0.39 is 23.5 Å². The molecule has 1 saturated heterocycles. The van der Waals surface area contributed by atoms with Gasteiger partial charge >= 0.3 is 11.9 Å². The summed E-state index contributed by atoms with van der Waals surface area (Å²) in [5.41, 5.74) is -0.429. The summed E-state index contributed by atoms with van der Waals surface area (Å²) in [6, 6.07) is 0. The normalized spacial score (nSPS) is 40.7. The Morgan fingerprint density at radius 3 is 2.77 bits per heavy atom. The van der Waals surface area contributed by atoms with Crippen LogP contribution in [0.15, 0.2) is 12.2 Å². The van der Waals surface area contributed by atoms with Gasteiger partial charge < -0.3 is 9.47 Å². The maximum absolute atomic E-state index is 12.8. The molecule has 0 amide bonds. The fourth-order valence-corrected chi connectivity index (χ4v) is 4.68. The van der Waals surface area contributed by atoms with Crippen LogP contribution in [0.25, 0.3) is 0 Å². The second-order valence-corrected chi connectivity index (χ2v) is 6.90. The van der Waals surface area contributed by atoms with Crippen molar-refractivity contribution in [1.82, 2.24) is 0 Å². The van der Waals surface area contributed by atoms with Crippen molar-refractivity contribution in [2.75, 3.05) is 6.61 Å². The van der Waals surface area contributed by atoms with Gasteiger partial charge in [0.15, 0.2) is 0 Å². The molecule has 2 aliphatic carbocycles. The van der Waals surface area contributed by atoms with Crippen LogP contribution in [0.3, 0.4) is 0 Å². The first-order chi connectivity index (χ1) is 10.4. The minimum absolute atomic E-state index is 0.0118. The van der Waals surface area contributed by atoms with Gasteiger partial charge in [0.05, 0.1) is 0 Å². The first-order valence-corrected chi connectivity index (χ1v) is 7.94. The molecule has 5 heteroatoms. The Morgan fingerprint density at radius 1 is 1.36 bits per heavy atom. The summed E-state index contributed by atoms with van der Waals surface area (Å²) in [4.78, 5) is 36.1. The minimum atomic E-state index is -0.888. The standard InChI is InChI=1S/C17H22O5/c1-9-4-5-12-10(2)16(20)22-15(12)17(8-21-11(3)18)13(9)6-7-14(17)19/h9,12-13,15H,2,4-8H2,1,3H3/t9-,12?,13?,15?,17-/m0/s1. The molecule has 5 nitrogen and oxygen atoms in total. The monoisotopic (exact) mass is 306 g/mol. The number of rotatable bonds is 2. The fraction of sp³-hybridized carbons (Fsp3) is 0.706. The van der Waals surface area contributed by atoms with Crippen molar-refractivity contribution in [2.24, 2.45) is 23.2 Å². The zero-order valence-electron chi connectivity index (χ0n) is 13.1. The van der Waals surface area contributed by atoms with E-state index in [9.17, 15) is 14.4 Å². The zero-order valence-corrected chi connectivity index (χ0v) is 13.1. The van der Waals surface area contributed by atoms with Crippen molar-refractivity contribution in [2.45, 2.75) is 45.6 Å². The molecule has 5 atom stereocenters. The van der Waals surface area contributed by atoms with E-state index >= 15 is 0 Å². The van der Waals surface area contributed by atoms with Gasteiger partial charge in [0.1, 0.15) is 23.9 Å². The molecule has 0 bridgehead atoms. The zero-order chi connectivity index (χ0) is 16.1. The van der Waals surface area contributed by atoms with Gasteiger partial charge in [-0.15, -0.1) is 0 Å². The molecule has 3 unspecified atom stereocenters. The van der Waals surface area contributed by atoms with E-state index in [1.165, 1.54) is 6.92 Å². The van der Waals surface area contributed by atoms with Crippen molar-refractivity contribution in [1.29, 1.82) is 0 Å². The first-order valence-electron chi connectivity index (χ1n) is 7.94. The van der Waals surface area contributed by atoms with Gasteiger partial charge in [-0.25, -0.2) is 4.79 Å². The minimum Gasteiger partial charge on any atom is -0.465 e. The summed E-state index contributed by atoms with van der Waals surface area (Å²) >= 11 is 0. The molecule has 3 aliphatic rings. The molecular weight excluding hydrogens is 284 g/mol. The topological polar surface area (TPSA) is 69.7 Å². The van der Waals surface area contributed by atoms with E-state index in [0.29, 0.717) is 17.9 Å². The Kier molecular flexibility index (Phi) is 3.62. The lowest BCUT2D eigenvalue weighted by Crippen LogP contribution is -2.50. The van der Waals surface area contributed by atoms with E-state index in [2.05, 4.69) is 13.5 Å². The number of carbonyl (C=O) groups is 3. The van der Waals surface area contributed by atoms with Crippen molar-refractivity contribution < 1.29 is 23.9 Å². The maximum atomic E-state index is 12.8. The lowest BCUT2D eigenvalue weighted by molar-refractivity contribution is -0.164. The Morgan fingerprint density at radius 2 is 2.09 bits per heavy atom. The second kappa shape index (κ2) is 5.21. The molecule has 0 spiro atoms. The largest absolute Gasteiger partial charge is 0.465 e. The Balaban J connectivity index is 2.06. The molecule has 0 radical (unpaired) electrons. The highest BCUT2D eigenvalue weighted by Crippen LogP contribution is 2.56. The second-order valence-electron chi connectivity index (χ2n) is 6.90. The van der Waals surface area contributed by atoms with E-state index in [1.54, 1.807) is 0 Å². The van der Waals surface area contributed by atoms with Crippen LogP contribution < -0.4 is 0 Å². The van der Waals surface area contributed by atoms with Crippen LogP contribution in [0.1, 0.15) is 39.5 Å². The summed E-state index contributed by atoms with van der Waals surface area (Å²) < 4.78 is 10.8. The molecular formula is C17H22O5. The fourth-order valence-electron chi connectivity index (χ4n) is 4.68. The van der Waals surface area contributed by atoms with Crippen molar-refractivity contribution in [3.05, 3.63) is 12.2 Å². The molecule has 22 heavy (non-hydrogen) atoms. The van der Waals surface area contributed by atoms with Crippen molar-refractivity contribution in [3.8, 4) is 0 Å². The van der Waals surface area contributed by atoms with Crippen LogP contribution >= 0.6 is 0 Å². The van der Waals surface area contributed by atoms with Crippen LogP contribution in [0.2, 0.25) is 0 Å². The molecule has 2 saturated carbocycles. The van der Waals surface area contributed by atoms with Crippen molar-refractivity contribution in [3.63, 3.8) is 0 Å². The number of esters is 2. The molecule has 120 valence electrons. The molecule has 0 aromatic rings. The lowest BCUT2D eigenvalue weighted by Gasteiger charge is -2.39. The summed E-state index contributed by atoms with van der Waals surface area (Å²) in [6.07, 6.45) is 2.42. The molecule has 3 fully saturated rings. The SMILES string of the molecule is C=C1C(=O)OC2C1CC[C@H](C)C1CCC(=O)[C@@]21COC(C)=O. The summed E-state index contributed by atoms with van der Waals surface area (Å²) in [5.74, 6) is -0.482. The first kappa shape index (κ1) is 15.3. The van der Waals surface area contributed by atoms with Gasteiger partial charge in [0.2, 0.25) is 0 Å². The molecule has 0 aromatic heterocycles. The third-order valence-electron chi connectivity index (χ3n) is 5.81. The van der Waals surface area contributed by atoms with E-state index in [-0.39, 0.29) is 24.2 Å². The van der Waals surface area contributed by atoms with Gasteiger partial charge in [-0.05, 0) is 31.1 Å². The average molecular weight is 306 g/mol. The van der Waals surface area contributed by atoms with Crippen LogP contribution in [0, 0.1) is 23.2 Å². The Bertz CT molecular complexity index is 551. The Hall–Kier alpha value is -1.65. The number of carbonyl (C=O) groups excluding carboxylic acids is 3. The van der Waals surface area contributed by atoms with Gasteiger partial charge in [0.25, 0.3) is 0 Å². The van der Waals surface area contributed by atoms with Crippen LogP contribution in [0.4, 0.5) is 0 Å². The highest BCUT2D eigenvalue weighted by molar-refractivity contribution is 5.94. The van der Waals surface area contributed by atoms with Crippen LogP contribution in [-0.2, 0) is 23.9 Å². The number of Topliss-reactive ketones (excluding diaryl/α,β-unsaturated/α-hetero) is 1. The average Bonchev–Trinajstić information content (AvgIpc) is 2.90. The molecule has 1 heterocycles.